The smallest absolute Gasteiger partial charge is 0.0594 e. The molecule has 2 N–H and O–H groups in total. The van der Waals surface area contributed by atoms with Crippen LogP contribution in [0, 0.1) is 0 Å². The molecule has 2 aliphatic rings. The highest BCUT2D eigenvalue weighted by molar-refractivity contribution is 5.85. The standard InChI is InChI=1S/C13H27N3O.2ClH/c14-5-4-13-3-1-2-6-16(13)8-7-15-9-11-17-12-10-15;;/h13H,1-12,14H2;2*1H. The summed E-state index contributed by atoms with van der Waals surface area (Å²) in [4.78, 5) is 5.18. The van der Waals surface area contributed by atoms with Gasteiger partial charge in [0.15, 0.2) is 0 Å². The van der Waals surface area contributed by atoms with Gasteiger partial charge in [-0.15, -0.1) is 24.8 Å². The first-order valence-corrected chi connectivity index (χ1v) is 7.14. The lowest BCUT2D eigenvalue weighted by molar-refractivity contribution is 0.0280. The largest absolute Gasteiger partial charge is 0.379 e. The third kappa shape index (κ3) is 6.61. The summed E-state index contributed by atoms with van der Waals surface area (Å²) in [6.07, 6.45) is 5.27. The van der Waals surface area contributed by atoms with Gasteiger partial charge in [-0.3, -0.25) is 9.80 Å². The van der Waals surface area contributed by atoms with E-state index in [1.807, 2.05) is 0 Å². The van der Waals surface area contributed by atoms with Crippen LogP contribution in [0.3, 0.4) is 0 Å². The van der Waals surface area contributed by atoms with Gasteiger partial charge in [0.1, 0.15) is 0 Å². The number of rotatable bonds is 5. The van der Waals surface area contributed by atoms with Crippen LogP contribution in [0.4, 0.5) is 0 Å². The summed E-state index contributed by atoms with van der Waals surface area (Å²) in [6, 6.07) is 0.745. The molecule has 0 aromatic carbocycles. The molecule has 0 aromatic heterocycles. The summed E-state index contributed by atoms with van der Waals surface area (Å²) in [5, 5.41) is 0. The molecule has 0 amide bonds. The van der Waals surface area contributed by atoms with Crippen molar-refractivity contribution in [2.75, 3.05) is 52.5 Å². The van der Waals surface area contributed by atoms with E-state index in [9.17, 15) is 0 Å². The van der Waals surface area contributed by atoms with Crippen molar-refractivity contribution < 1.29 is 4.74 Å². The van der Waals surface area contributed by atoms with E-state index >= 15 is 0 Å². The maximum absolute atomic E-state index is 5.71. The predicted molar refractivity (Wildman–Crippen MR) is 84.6 cm³/mol. The maximum atomic E-state index is 5.71. The topological polar surface area (TPSA) is 41.7 Å². The normalized spacial score (nSPS) is 25.4. The first-order chi connectivity index (χ1) is 8.40. The summed E-state index contributed by atoms with van der Waals surface area (Å²) in [5.74, 6) is 0. The monoisotopic (exact) mass is 313 g/mol. The van der Waals surface area contributed by atoms with Crippen LogP contribution in [0.2, 0.25) is 0 Å². The third-order valence-electron chi connectivity index (χ3n) is 4.06. The van der Waals surface area contributed by atoms with E-state index < -0.39 is 0 Å². The van der Waals surface area contributed by atoms with E-state index in [0.29, 0.717) is 0 Å². The molecule has 6 heteroatoms. The van der Waals surface area contributed by atoms with E-state index in [-0.39, 0.29) is 24.8 Å². The van der Waals surface area contributed by atoms with Crippen LogP contribution < -0.4 is 5.73 Å². The second-order valence-electron chi connectivity index (χ2n) is 5.22. The van der Waals surface area contributed by atoms with Gasteiger partial charge in [-0.05, 0) is 32.4 Å². The minimum atomic E-state index is 0. The van der Waals surface area contributed by atoms with Crippen LogP contribution in [-0.4, -0.2) is 68.3 Å². The average Bonchev–Trinajstić information content (AvgIpc) is 2.39. The molecule has 0 spiro atoms. The van der Waals surface area contributed by atoms with E-state index in [0.717, 1.165) is 38.9 Å². The van der Waals surface area contributed by atoms with Crippen LogP contribution in [0.15, 0.2) is 0 Å². The molecule has 2 rings (SSSR count). The van der Waals surface area contributed by atoms with Gasteiger partial charge in [0.25, 0.3) is 0 Å². The number of halogens is 2. The predicted octanol–water partition coefficient (Wildman–Crippen LogP) is 1.37. The summed E-state index contributed by atoms with van der Waals surface area (Å²) >= 11 is 0. The Morgan fingerprint density at radius 1 is 1.00 bits per heavy atom. The fraction of sp³-hybridized carbons (Fsp3) is 1.00. The van der Waals surface area contributed by atoms with Crippen LogP contribution in [-0.2, 0) is 4.74 Å². The van der Waals surface area contributed by atoms with Gasteiger partial charge >= 0.3 is 0 Å². The van der Waals surface area contributed by atoms with Gasteiger partial charge in [-0.25, -0.2) is 0 Å². The number of nitrogens with zero attached hydrogens (tertiary/aromatic N) is 2. The van der Waals surface area contributed by atoms with Crippen LogP contribution >= 0.6 is 24.8 Å². The summed E-state index contributed by atoms with van der Waals surface area (Å²) in [6.45, 7) is 8.55. The number of piperidine rings is 1. The summed E-state index contributed by atoms with van der Waals surface area (Å²) in [5.41, 5.74) is 5.71. The third-order valence-corrected chi connectivity index (χ3v) is 4.06. The second kappa shape index (κ2) is 11.1. The summed E-state index contributed by atoms with van der Waals surface area (Å²) in [7, 11) is 0. The first-order valence-electron chi connectivity index (χ1n) is 7.14. The number of hydrogen-bond acceptors (Lipinski definition) is 4. The van der Waals surface area contributed by atoms with E-state index in [4.69, 9.17) is 10.5 Å². The van der Waals surface area contributed by atoms with Gasteiger partial charge in [0.2, 0.25) is 0 Å². The van der Waals surface area contributed by atoms with Gasteiger partial charge in [-0.2, -0.15) is 0 Å². The van der Waals surface area contributed by atoms with Gasteiger partial charge in [-0.1, -0.05) is 6.42 Å². The number of ether oxygens (including phenoxy) is 1. The molecule has 0 saturated carbocycles. The Balaban J connectivity index is 0.00000162. The Morgan fingerprint density at radius 2 is 1.74 bits per heavy atom. The molecule has 0 aliphatic carbocycles. The molecule has 2 fully saturated rings. The quantitative estimate of drug-likeness (QED) is 0.832. The van der Waals surface area contributed by atoms with Crippen LogP contribution in [0.1, 0.15) is 25.7 Å². The van der Waals surface area contributed by atoms with Gasteiger partial charge < -0.3 is 10.5 Å². The molecule has 19 heavy (non-hydrogen) atoms. The minimum Gasteiger partial charge on any atom is -0.379 e. The van der Waals surface area contributed by atoms with Crippen molar-refractivity contribution >= 4 is 24.8 Å². The molecule has 2 heterocycles. The number of nitrogens with two attached hydrogens (primary N) is 1. The zero-order chi connectivity index (χ0) is 11.9. The van der Waals surface area contributed by atoms with Crippen molar-refractivity contribution in [1.82, 2.24) is 9.80 Å². The van der Waals surface area contributed by atoms with E-state index in [2.05, 4.69) is 9.80 Å². The highest BCUT2D eigenvalue weighted by Gasteiger charge is 2.22. The zero-order valence-electron chi connectivity index (χ0n) is 11.8. The molecule has 116 valence electrons. The van der Waals surface area contributed by atoms with Crippen LogP contribution in [0.5, 0.6) is 0 Å². The number of likely N-dealkylation sites (tertiary alicyclic amines) is 1. The van der Waals surface area contributed by atoms with Crippen molar-refractivity contribution in [3.63, 3.8) is 0 Å². The van der Waals surface area contributed by atoms with Crippen molar-refractivity contribution in [3.05, 3.63) is 0 Å². The molecule has 4 nitrogen and oxygen atoms in total. The Bertz CT molecular complexity index is 214. The molecule has 0 aromatic rings. The molecule has 2 saturated heterocycles. The van der Waals surface area contributed by atoms with Gasteiger partial charge in [0, 0.05) is 32.2 Å². The molecule has 1 atom stereocenters. The second-order valence-corrected chi connectivity index (χ2v) is 5.22. The fourth-order valence-corrected chi connectivity index (χ4v) is 2.97. The highest BCUT2D eigenvalue weighted by atomic mass is 35.5. The lowest BCUT2D eigenvalue weighted by Crippen LogP contribution is -2.46. The zero-order valence-corrected chi connectivity index (χ0v) is 13.4. The Hall–Kier alpha value is 0.420. The molecular weight excluding hydrogens is 285 g/mol. The summed E-state index contributed by atoms with van der Waals surface area (Å²) < 4.78 is 5.38. The first kappa shape index (κ1) is 19.4. The van der Waals surface area contributed by atoms with Gasteiger partial charge in [0.05, 0.1) is 13.2 Å². The fourth-order valence-electron chi connectivity index (χ4n) is 2.97. The lowest BCUT2D eigenvalue weighted by Gasteiger charge is -2.37. The Labute approximate surface area is 129 Å². The molecular formula is C13H29Cl2N3O. The van der Waals surface area contributed by atoms with Crippen LogP contribution in [0.25, 0.3) is 0 Å². The maximum Gasteiger partial charge on any atom is 0.0594 e. The average molecular weight is 314 g/mol. The van der Waals surface area contributed by atoms with Crippen molar-refractivity contribution in [1.29, 1.82) is 0 Å². The SMILES string of the molecule is Cl.Cl.NCCC1CCCCN1CCN1CCOCC1. The minimum absolute atomic E-state index is 0. The molecule has 1 unspecified atom stereocenters. The molecule has 0 bridgehead atoms. The van der Waals surface area contributed by atoms with Crippen molar-refractivity contribution in [2.45, 2.75) is 31.7 Å². The Morgan fingerprint density at radius 3 is 2.42 bits per heavy atom. The Kier molecular flexibility index (Phi) is 11.4. The number of morpholine rings is 1. The molecule has 2 aliphatic heterocycles. The number of hydrogen-bond donors (Lipinski definition) is 1. The highest BCUT2D eigenvalue weighted by Crippen LogP contribution is 2.18. The van der Waals surface area contributed by atoms with Crippen molar-refractivity contribution in [3.8, 4) is 0 Å². The van der Waals surface area contributed by atoms with Crippen molar-refractivity contribution in [2.24, 2.45) is 5.73 Å². The lowest BCUT2D eigenvalue weighted by atomic mass is 9.99. The van der Waals surface area contributed by atoms with E-state index in [1.54, 1.807) is 0 Å². The molecule has 0 radical (unpaired) electrons. The van der Waals surface area contributed by atoms with E-state index in [1.165, 1.54) is 45.3 Å².